The number of nitrogens with zero attached hydrogens (tertiary/aromatic N) is 4. The molecule has 1 amide bonds. The average Bonchev–Trinajstić information content (AvgIpc) is 3.30. The molecule has 2 aliphatic heterocycles. The van der Waals surface area contributed by atoms with Crippen molar-refractivity contribution in [2.45, 2.75) is 13.0 Å². The van der Waals surface area contributed by atoms with Crippen molar-refractivity contribution in [1.82, 2.24) is 14.8 Å². The predicted octanol–water partition coefficient (Wildman–Crippen LogP) is 2.27. The second-order valence-corrected chi connectivity index (χ2v) is 7.96. The number of piperazine rings is 1. The van der Waals surface area contributed by atoms with Gasteiger partial charge in [0.15, 0.2) is 0 Å². The van der Waals surface area contributed by atoms with Gasteiger partial charge in [0.05, 0.1) is 20.1 Å². The van der Waals surface area contributed by atoms with Gasteiger partial charge in [-0.2, -0.15) is 0 Å². The predicted molar refractivity (Wildman–Crippen MR) is 116 cm³/mol. The smallest absolute Gasteiger partial charge is 0.227 e. The fraction of sp³-hybridized carbons (Fsp3) is 0.478. The summed E-state index contributed by atoms with van der Waals surface area (Å²) in [5.74, 6) is 2.00. The number of methoxy groups -OCH3 is 2. The Morgan fingerprint density at radius 3 is 2.30 bits per heavy atom. The number of rotatable bonds is 6. The lowest BCUT2D eigenvalue weighted by molar-refractivity contribution is -0.136. The van der Waals surface area contributed by atoms with Crippen LogP contribution >= 0.6 is 0 Å². The third kappa shape index (κ3) is 4.67. The van der Waals surface area contributed by atoms with Crippen molar-refractivity contribution in [3.8, 4) is 11.5 Å². The third-order valence-corrected chi connectivity index (χ3v) is 6.07. The summed E-state index contributed by atoms with van der Waals surface area (Å²) in [7, 11) is 3.34. The first-order chi connectivity index (χ1) is 14.7. The van der Waals surface area contributed by atoms with Crippen molar-refractivity contribution < 1.29 is 14.3 Å². The van der Waals surface area contributed by atoms with E-state index >= 15 is 0 Å². The summed E-state index contributed by atoms with van der Waals surface area (Å²) < 4.78 is 10.7. The molecular formula is C23H30N4O3. The van der Waals surface area contributed by atoms with E-state index in [2.05, 4.69) is 14.8 Å². The van der Waals surface area contributed by atoms with Gasteiger partial charge >= 0.3 is 0 Å². The lowest BCUT2D eigenvalue weighted by Crippen LogP contribution is -2.50. The van der Waals surface area contributed by atoms with Crippen molar-refractivity contribution in [2.24, 2.45) is 5.92 Å². The summed E-state index contributed by atoms with van der Waals surface area (Å²) in [4.78, 5) is 23.8. The largest absolute Gasteiger partial charge is 0.497 e. The van der Waals surface area contributed by atoms with E-state index in [1.807, 2.05) is 47.6 Å². The number of aromatic nitrogens is 1. The van der Waals surface area contributed by atoms with Crippen LogP contribution in [0.4, 0.5) is 5.69 Å². The Hall–Kier alpha value is -2.80. The van der Waals surface area contributed by atoms with Crippen LogP contribution in [0.2, 0.25) is 0 Å². The van der Waals surface area contributed by atoms with E-state index in [4.69, 9.17) is 9.47 Å². The summed E-state index contributed by atoms with van der Waals surface area (Å²) in [6.07, 6.45) is 4.54. The van der Waals surface area contributed by atoms with Gasteiger partial charge < -0.3 is 19.3 Å². The number of hydrogen-bond acceptors (Lipinski definition) is 6. The SMILES string of the molecule is COc1cc(CN2CCN(C(=O)C3CCN(c4ccncc4)C3)CC2)cc(OC)c1. The highest BCUT2D eigenvalue weighted by molar-refractivity contribution is 5.80. The van der Waals surface area contributed by atoms with Crippen molar-refractivity contribution in [3.05, 3.63) is 48.3 Å². The Balaban J connectivity index is 1.29. The van der Waals surface area contributed by atoms with Gasteiger partial charge in [0, 0.05) is 70.0 Å². The molecule has 2 aromatic rings. The lowest BCUT2D eigenvalue weighted by atomic mass is 10.1. The molecule has 160 valence electrons. The summed E-state index contributed by atoms with van der Waals surface area (Å²) in [5, 5.41) is 0. The molecule has 0 saturated carbocycles. The molecule has 0 radical (unpaired) electrons. The number of hydrogen-bond donors (Lipinski definition) is 0. The van der Waals surface area contributed by atoms with E-state index in [0.717, 1.165) is 75.0 Å². The minimum atomic E-state index is 0.0901. The van der Waals surface area contributed by atoms with E-state index in [1.165, 1.54) is 0 Å². The molecule has 2 fully saturated rings. The quantitative estimate of drug-likeness (QED) is 0.728. The molecule has 0 aliphatic carbocycles. The van der Waals surface area contributed by atoms with Crippen molar-refractivity contribution in [3.63, 3.8) is 0 Å². The second kappa shape index (κ2) is 9.34. The van der Waals surface area contributed by atoms with Gasteiger partial charge in [0.2, 0.25) is 5.91 Å². The maximum Gasteiger partial charge on any atom is 0.227 e. The Kier molecular flexibility index (Phi) is 6.38. The van der Waals surface area contributed by atoms with Crippen LogP contribution in [0.25, 0.3) is 0 Å². The molecule has 1 aromatic carbocycles. The highest BCUT2D eigenvalue weighted by Crippen LogP contribution is 2.26. The first-order valence-electron chi connectivity index (χ1n) is 10.5. The summed E-state index contributed by atoms with van der Waals surface area (Å²) in [5.41, 5.74) is 2.31. The van der Waals surface area contributed by atoms with Gasteiger partial charge in [-0.05, 0) is 36.2 Å². The van der Waals surface area contributed by atoms with Crippen LogP contribution < -0.4 is 14.4 Å². The zero-order chi connectivity index (χ0) is 20.9. The first kappa shape index (κ1) is 20.5. The number of carbonyl (C=O) groups excluding carboxylic acids is 1. The highest BCUT2D eigenvalue weighted by atomic mass is 16.5. The van der Waals surface area contributed by atoms with Gasteiger partial charge in [-0.3, -0.25) is 14.7 Å². The van der Waals surface area contributed by atoms with Gasteiger partial charge in [0.1, 0.15) is 11.5 Å². The Morgan fingerprint density at radius 1 is 1.00 bits per heavy atom. The van der Waals surface area contributed by atoms with E-state index in [-0.39, 0.29) is 5.92 Å². The molecule has 4 rings (SSSR count). The Morgan fingerprint density at radius 2 is 1.67 bits per heavy atom. The zero-order valence-electron chi connectivity index (χ0n) is 17.8. The Labute approximate surface area is 178 Å². The number of carbonyl (C=O) groups is 1. The van der Waals surface area contributed by atoms with Gasteiger partial charge in [0.25, 0.3) is 0 Å². The molecule has 2 aliphatic rings. The van der Waals surface area contributed by atoms with Crippen LogP contribution in [0.1, 0.15) is 12.0 Å². The minimum Gasteiger partial charge on any atom is -0.497 e. The molecule has 1 aromatic heterocycles. The molecule has 3 heterocycles. The van der Waals surface area contributed by atoms with Gasteiger partial charge in [-0.1, -0.05) is 0 Å². The molecule has 0 N–H and O–H groups in total. The topological polar surface area (TPSA) is 58.1 Å². The normalized spacial score (nSPS) is 19.7. The number of ether oxygens (including phenoxy) is 2. The molecule has 0 spiro atoms. The number of benzene rings is 1. The fourth-order valence-corrected chi connectivity index (χ4v) is 4.35. The minimum absolute atomic E-state index is 0.0901. The maximum atomic E-state index is 13.0. The van der Waals surface area contributed by atoms with Crippen LogP contribution in [-0.2, 0) is 11.3 Å². The number of pyridine rings is 1. The van der Waals surface area contributed by atoms with Crippen LogP contribution in [0.15, 0.2) is 42.7 Å². The van der Waals surface area contributed by atoms with E-state index in [9.17, 15) is 4.79 Å². The summed E-state index contributed by atoms with van der Waals surface area (Å²) in [6.45, 7) is 5.88. The van der Waals surface area contributed by atoms with Crippen LogP contribution in [-0.4, -0.2) is 74.2 Å². The lowest BCUT2D eigenvalue weighted by Gasteiger charge is -2.36. The molecule has 1 atom stereocenters. The van der Waals surface area contributed by atoms with Crippen molar-refractivity contribution in [1.29, 1.82) is 0 Å². The van der Waals surface area contributed by atoms with Crippen LogP contribution in [0.3, 0.4) is 0 Å². The second-order valence-electron chi connectivity index (χ2n) is 7.96. The van der Waals surface area contributed by atoms with Crippen LogP contribution in [0, 0.1) is 5.92 Å². The van der Waals surface area contributed by atoms with Crippen molar-refractivity contribution >= 4 is 11.6 Å². The maximum absolute atomic E-state index is 13.0. The average molecular weight is 411 g/mol. The third-order valence-electron chi connectivity index (χ3n) is 6.07. The number of amides is 1. The first-order valence-corrected chi connectivity index (χ1v) is 10.5. The molecule has 0 bridgehead atoms. The molecule has 7 nitrogen and oxygen atoms in total. The highest BCUT2D eigenvalue weighted by Gasteiger charge is 2.33. The number of anilines is 1. The standard InChI is InChI=1S/C23H30N4O3/c1-29-21-13-18(14-22(15-21)30-2)16-25-9-11-26(12-10-25)23(28)19-5-8-27(17-19)20-3-6-24-7-4-20/h3-4,6-7,13-15,19H,5,8-12,16-17H2,1-2H3. The monoisotopic (exact) mass is 410 g/mol. The molecular weight excluding hydrogens is 380 g/mol. The molecule has 2 saturated heterocycles. The van der Waals surface area contributed by atoms with E-state index < -0.39 is 0 Å². The van der Waals surface area contributed by atoms with Gasteiger partial charge in [-0.15, -0.1) is 0 Å². The molecule has 30 heavy (non-hydrogen) atoms. The molecule has 1 unspecified atom stereocenters. The molecule has 7 heteroatoms. The van der Waals surface area contributed by atoms with E-state index in [0.29, 0.717) is 5.91 Å². The zero-order valence-corrected chi connectivity index (χ0v) is 17.8. The van der Waals surface area contributed by atoms with Crippen molar-refractivity contribution in [2.75, 3.05) is 58.4 Å². The summed E-state index contributed by atoms with van der Waals surface area (Å²) >= 11 is 0. The van der Waals surface area contributed by atoms with Crippen LogP contribution in [0.5, 0.6) is 11.5 Å². The van der Waals surface area contributed by atoms with Gasteiger partial charge in [-0.25, -0.2) is 0 Å². The van der Waals surface area contributed by atoms with E-state index in [1.54, 1.807) is 14.2 Å². The summed E-state index contributed by atoms with van der Waals surface area (Å²) in [6, 6.07) is 10.0. The Bertz CT molecular complexity index is 831. The fourth-order valence-electron chi connectivity index (χ4n) is 4.35.